The molecule has 0 aliphatic rings. The molecule has 2 aromatic heterocycles. The number of aromatic nitrogens is 2. The Morgan fingerprint density at radius 3 is 3.05 bits per heavy atom. The lowest BCUT2D eigenvalue weighted by molar-refractivity contribution is -0.131. The van der Waals surface area contributed by atoms with Crippen molar-refractivity contribution in [2.24, 2.45) is 11.7 Å². The quantitative estimate of drug-likeness (QED) is 0.858. The van der Waals surface area contributed by atoms with E-state index < -0.39 is 0 Å². The minimum atomic E-state index is -0.156. The van der Waals surface area contributed by atoms with E-state index in [-0.39, 0.29) is 23.9 Å². The van der Waals surface area contributed by atoms with E-state index in [2.05, 4.69) is 9.97 Å². The fourth-order valence-electron chi connectivity index (χ4n) is 1.85. The molecule has 20 heavy (non-hydrogen) atoms. The summed E-state index contributed by atoms with van der Waals surface area (Å²) in [5.74, 6) is 0.643. The Morgan fingerprint density at radius 1 is 1.60 bits per heavy atom. The van der Waals surface area contributed by atoms with Gasteiger partial charge < -0.3 is 15.6 Å². The number of nitrogens with two attached hydrogens (primary N) is 1. The summed E-state index contributed by atoms with van der Waals surface area (Å²) in [5, 5.41) is 1.83. The molecule has 0 saturated carbocycles. The van der Waals surface area contributed by atoms with Crippen LogP contribution in [0.4, 0.5) is 0 Å². The van der Waals surface area contributed by atoms with E-state index in [1.54, 1.807) is 18.0 Å². The Balaban J connectivity index is 2.11. The zero-order valence-electron chi connectivity index (χ0n) is 11.5. The number of aromatic amines is 1. The molecule has 0 spiro atoms. The monoisotopic (exact) mass is 294 g/mol. The van der Waals surface area contributed by atoms with Gasteiger partial charge in [0.2, 0.25) is 5.91 Å². The normalized spacial score (nSPS) is 12.6. The molecule has 0 radical (unpaired) electrons. The molecule has 1 amide bonds. The maximum atomic E-state index is 12.0. The number of thiophene rings is 1. The second-order valence-electron chi connectivity index (χ2n) is 4.94. The van der Waals surface area contributed by atoms with Crippen molar-refractivity contribution >= 4 is 27.5 Å². The number of nitrogens with one attached hydrogen (secondary N) is 1. The van der Waals surface area contributed by atoms with Crippen molar-refractivity contribution in [3.8, 4) is 0 Å². The van der Waals surface area contributed by atoms with Crippen LogP contribution in [0.3, 0.4) is 0 Å². The third-order valence-electron chi connectivity index (χ3n) is 3.10. The van der Waals surface area contributed by atoms with Crippen molar-refractivity contribution in [2.45, 2.75) is 19.9 Å². The molecular weight excluding hydrogens is 276 g/mol. The van der Waals surface area contributed by atoms with Crippen LogP contribution in [0.1, 0.15) is 19.2 Å². The summed E-state index contributed by atoms with van der Waals surface area (Å²) in [7, 11) is 1.70. The molecule has 2 rings (SSSR count). The molecule has 0 aliphatic heterocycles. The van der Waals surface area contributed by atoms with Crippen LogP contribution < -0.4 is 11.3 Å². The summed E-state index contributed by atoms with van der Waals surface area (Å²) in [4.78, 5) is 32.4. The van der Waals surface area contributed by atoms with Gasteiger partial charge in [-0.3, -0.25) is 9.59 Å². The highest BCUT2D eigenvalue weighted by Crippen LogP contribution is 2.14. The first-order valence-corrected chi connectivity index (χ1v) is 7.29. The largest absolute Gasteiger partial charge is 0.338 e. The number of H-pyrrole nitrogens is 1. The summed E-state index contributed by atoms with van der Waals surface area (Å²) < 4.78 is 0.611. The van der Waals surface area contributed by atoms with E-state index in [1.165, 1.54) is 11.3 Å². The van der Waals surface area contributed by atoms with E-state index in [1.807, 2.05) is 12.3 Å². The maximum Gasteiger partial charge on any atom is 0.268 e. The smallest absolute Gasteiger partial charge is 0.268 e. The molecule has 0 bridgehead atoms. The van der Waals surface area contributed by atoms with Crippen molar-refractivity contribution < 1.29 is 4.79 Å². The minimum Gasteiger partial charge on any atom is -0.338 e. The number of nitrogens with zero attached hydrogens (tertiary/aromatic N) is 2. The van der Waals surface area contributed by atoms with Crippen molar-refractivity contribution in [1.29, 1.82) is 0 Å². The minimum absolute atomic E-state index is 0.00369. The second-order valence-corrected chi connectivity index (χ2v) is 5.86. The number of hydrogen-bond acceptors (Lipinski definition) is 5. The van der Waals surface area contributed by atoms with Gasteiger partial charge in [0.1, 0.15) is 10.5 Å². The van der Waals surface area contributed by atoms with Gasteiger partial charge in [0, 0.05) is 13.5 Å². The van der Waals surface area contributed by atoms with Gasteiger partial charge in [-0.15, -0.1) is 11.3 Å². The lowest BCUT2D eigenvalue weighted by atomic mass is 10.1. The van der Waals surface area contributed by atoms with E-state index in [0.29, 0.717) is 29.0 Å². The Bertz CT molecular complexity index is 664. The number of rotatable bonds is 5. The summed E-state index contributed by atoms with van der Waals surface area (Å²) >= 11 is 1.36. The van der Waals surface area contributed by atoms with Gasteiger partial charge in [-0.25, -0.2) is 4.98 Å². The Kier molecular flexibility index (Phi) is 4.51. The molecule has 0 aromatic carbocycles. The van der Waals surface area contributed by atoms with E-state index in [4.69, 9.17) is 5.73 Å². The predicted molar refractivity (Wildman–Crippen MR) is 79.6 cm³/mol. The van der Waals surface area contributed by atoms with Crippen molar-refractivity contribution in [3.05, 3.63) is 27.6 Å². The zero-order chi connectivity index (χ0) is 14.7. The molecule has 0 saturated heterocycles. The SMILES string of the molecule is CC(CN)CC(=O)N(C)Cc1nc2ccsc2c(=O)[nH]1. The fourth-order valence-corrected chi connectivity index (χ4v) is 2.57. The second kappa shape index (κ2) is 6.15. The lowest BCUT2D eigenvalue weighted by Crippen LogP contribution is -2.30. The average Bonchev–Trinajstić information content (AvgIpc) is 2.87. The topological polar surface area (TPSA) is 92.1 Å². The van der Waals surface area contributed by atoms with Crippen LogP contribution in [0.15, 0.2) is 16.2 Å². The van der Waals surface area contributed by atoms with Crippen LogP contribution in [0.25, 0.3) is 10.2 Å². The standard InChI is InChI=1S/C13H18N4O2S/c1-8(6-14)5-11(18)17(2)7-10-15-9-3-4-20-12(9)13(19)16-10/h3-4,8H,5-7,14H2,1-2H3,(H,15,16,19). The molecule has 2 aromatic rings. The molecule has 0 fully saturated rings. The van der Waals surface area contributed by atoms with Crippen LogP contribution >= 0.6 is 11.3 Å². The van der Waals surface area contributed by atoms with Crippen LogP contribution in [0, 0.1) is 5.92 Å². The van der Waals surface area contributed by atoms with Crippen LogP contribution in [0.5, 0.6) is 0 Å². The molecule has 1 unspecified atom stereocenters. The van der Waals surface area contributed by atoms with Gasteiger partial charge in [0.25, 0.3) is 5.56 Å². The van der Waals surface area contributed by atoms with Gasteiger partial charge in [-0.2, -0.15) is 0 Å². The summed E-state index contributed by atoms with van der Waals surface area (Å²) in [5.41, 5.74) is 6.03. The van der Waals surface area contributed by atoms with Gasteiger partial charge in [0.05, 0.1) is 12.1 Å². The maximum absolute atomic E-state index is 12.0. The number of hydrogen-bond donors (Lipinski definition) is 2. The first-order chi connectivity index (χ1) is 9.51. The highest BCUT2D eigenvalue weighted by Gasteiger charge is 2.14. The number of fused-ring (bicyclic) bond motifs is 1. The Morgan fingerprint density at radius 2 is 2.35 bits per heavy atom. The predicted octanol–water partition coefficient (Wildman–Crippen LogP) is 0.928. The molecule has 2 heterocycles. The van der Waals surface area contributed by atoms with Crippen LogP contribution in [-0.2, 0) is 11.3 Å². The fraction of sp³-hybridized carbons (Fsp3) is 0.462. The summed E-state index contributed by atoms with van der Waals surface area (Å²) in [6, 6.07) is 1.80. The van der Waals surface area contributed by atoms with E-state index in [0.717, 1.165) is 0 Å². The molecule has 3 N–H and O–H groups in total. The molecule has 108 valence electrons. The van der Waals surface area contributed by atoms with Crippen LogP contribution in [-0.4, -0.2) is 34.4 Å². The van der Waals surface area contributed by atoms with Crippen LogP contribution in [0.2, 0.25) is 0 Å². The average molecular weight is 294 g/mol. The van der Waals surface area contributed by atoms with Gasteiger partial charge in [-0.05, 0) is 23.9 Å². The molecule has 0 aliphatic carbocycles. The van der Waals surface area contributed by atoms with Crippen molar-refractivity contribution in [1.82, 2.24) is 14.9 Å². The number of amides is 1. The Hall–Kier alpha value is -1.73. The summed E-state index contributed by atoms with van der Waals surface area (Å²) in [6.45, 7) is 2.70. The van der Waals surface area contributed by atoms with Gasteiger partial charge >= 0.3 is 0 Å². The summed E-state index contributed by atoms with van der Waals surface area (Å²) in [6.07, 6.45) is 0.401. The highest BCUT2D eigenvalue weighted by atomic mass is 32.1. The Labute approximate surface area is 120 Å². The molecule has 7 heteroatoms. The van der Waals surface area contributed by atoms with Crippen molar-refractivity contribution in [2.75, 3.05) is 13.6 Å². The molecule has 1 atom stereocenters. The van der Waals surface area contributed by atoms with Gasteiger partial charge in [0.15, 0.2) is 0 Å². The number of carbonyl (C=O) groups is 1. The first-order valence-electron chi connectivity index (χ1n) is 6.41. The third-order valence-corrected chi connectivity index (χ3v) is 4.00. The number of carbonyl (C=O) groups excluding carboxylic acids is 1. The highest BCUT2D eigenvalue weighted by molar-refractivity contribution is 7.17. The molecule has 6 nitrogen and oxygen atoms in total. The van der Waals surface area contributed by atoms with E-state index in [9.17, 15) is 9.59 Å². The molecular formula is C13H18N4O2S. The van der Waals surface area contributed by atoms with Crippen molar-refractivity contribution in [3.63, 3.8) is 0 Å². The van der Waals surface area contributed by atoms with E-state index >= 15 is 0 Å². The zero-order valence-corrected chi connectivity index (χ0v) is 12.4. The third kappa shape index (κ3) is 3.23. The first kappa shape index (κ1) is 14.7. The lowest BCUT2D eigenvalue weighted by Gasteiger charge is -2.18. The van der Waals surface area contributed by atoms with Gasteiger partial charge in [-0.1, -0.05) is 6.92 Å².